The Labute approximate surface area is 102 Å². The van der Waals surface area contributed by atoms with E-state index in [0.29, 0.717) is 6.04 Å². The molecule has 1 unspecified atom stereocenters. The zero-order valence-corrected chi connectivity index (χ0v) is 11.0. The van der Waals surface area contributed by atoms with Crippen molar-refractivity contribution in [3.63, 3.8) is 0 Å². The SMILES string of the molecule is CNCC1CCCCN1Cc1csc(C)n1. The first kappa shape index (κ1) is 12.0. The van der Waals surface area contributed by atoms with Crippen LogP contribution in [0.2, 0.25) is 0 Å². The summed E-state index contributed by atoms with van der Waals surface area (Å²) in [4.78, 5) is 7.13. The van der Waals surface area contributed by atoms with Crippen LogP contribution < -0.4 is 5.32 Å². The molecule has 0 aliphatic carbocycles. The van der Waals surface area contributed by atoms with Gasteiger partial charge >= 0.3 is 0 Å². The molecule has 1 fully saturated rings. The number of thiazole rings is 1. The van der Waals surface area contributed by atoms with Crippen LogP contribution in [0.15, 0.2) is 5.38 Å². The molecule has 2 heterocycles. The van der Waals surface area contributed by atoms with Crippen LogP contribution in [0.25, 0.3) is 0 Å². The molecule has 1 atom stereocenters. The van der Waals surface area contributed by atoms with Gasteiger partial charge in [0.25, 0.3) is 0 Å². The molecule has 0 amide bonds. The first-order valence-corrected chi connectivity index (χ1v) is 6.97. The Morgan fingerprint density at radius 1 is 1.56 bits per heavy atom. The normalized spacial score (nSPS) is 22.5. The third kappa shape index (κ3) is 3.03. The molecule has 0 saturated carbocycles. The largest absolute Gasteiger partial charge is 0.318 e. The van der Waals surface area contributed by atoms with E-state index >= 15 is 0 Å². The Bertz CT molecular complexity index is 322. The lowest BCUT2D eigenvalue weighted by atomic mass is 10.0. The fourth-order valence-electron chi connectivity index (χ4n) is 2.42. The van der Waals surface area contributed by atoms with Crippen LogP contribution >= 0.6 is 11.3 Å². The minimum absolute atomic E-state index is 0.695. The second-order valence-corrected chi connectivity index (χ2v) is 5.60. The number of likely N-dealkylation sites (N-methyl/N-ethyl adjacent to an activating group) is 1. The standard InChI is InChI=1S/C12H21N3S/c1-10-14-11(9-16-10)8-15-6-4-3-5-12(15)7-13-2/h9,12-13H,3-8H2,1-2H3. The van der Waals surface area contributed by atoms with Crippen molar-refractivity contribution in [1.82, 2.24) is 15.2 Å². The lowest BCUT2D eigenvalue weighted by Crippen LogP contribution is -2.44. The summed E-state index contributed by atoms with van der Waals surface area (Å²) in [6.45, 7) is 5.43. The highest BCUT2D eigenvalue weighted by atomic mass is 32.1. The molecule has 4 heteroatoms. The molecular weight excluding hydrogens is 218 g/mol. The topological polar surface area (TPSA) is 28.2 Å². The Kier molecular flexibility index (Phi) is 4.32. The minimum Gasteiger partial charge on any atom is -0.318 e. The maximum absolute atomic E-state index is 4.56. The van der Waals surface area contributed by atoms with Gasteiger partial charge in [-0.15, -0.1) is 11.3 Å². The number of nitrogens with zero attached hydrogens (tertiary/aromatic N) is 2. The summed E-state index contributed by atoms with van der Waals surface area (Å²) < 4.78 is 0. The van der Waals surface area contributed by atoms with Crippen molar-refractivity contribution in [3.05, 3.63) is 16.1 Å². The van der Waals surface area contributed by atoms with E-state index in [1.54, 1.807) is 11.3 Å². The summed E-state index contributed by atoms with van der Waals surface area (Å²) in [6.07, 6.45) is 4.03. The van der Waals surface area contributed by atoms with E-state index in [1.807, 2.05) is 7.05 Å². The highest BCUT2D eigenvalue weighted by molar-refractivity contribution is 7.09. The van der Waals surface area contributed by atoms with Crippen LogP contribution in [0.4, 0.5) is 0 Å². The third-order valence-electron chi connectivity index (χ3n) is 3.22. The van der Waals surface area contributed by atoms with Crippen LogP contribution in [-0.4, -0.2) is 36.1 Å². The highest BCUT2D eigenvalue weighted by Crippen LogP contribution is 2.19. The van der Waals surface area contributed by atoms with E-state index in [-0.39, 0.29) is 0 Å². The summed E-state index contributed by atoms with van der Waals surface area (Å²) >= 11 is 1.75. The lowest BCUT2D eigenvalue weighted by Gasteiger charge is -2.35. The first-order chi connectivity index (χ1) is 7.79. The summed E-state index contributed by atoms with van der Waals surface area (Å²) in [7, 11) is 2.04. The number of aromatic nitrogens is 1. The first-order valence-electron chi connectivity index (χ1n) is 6.09. The molecule has 3 nitrogen and oxygen atoms in total. The Balaban J connectivity index is 1.95. The van der Waals surface area contributed by atoms with Gasteiger partial charge in [0.15, 0.2) is 0 Å². The van der Waals surface area contributed by atoms with Crippen LogP contribution in [0, 0.1) is 6.92 Å². The average molecular weight is 239 g/mol. The lowest BCUT2D eigenvalue weighted by molar-refractivity contribution is 0.138. The molecule has 90 valence electrons. The number of aryl methyl sites for hydroxylation is 1. The number of nitrogens with one attached hydrogen (secondary N) is 1. The van der Waals surface area contributed by atoms with Crippen molar-refractivity contribution in [3.8, 4) is 0 Å². The molecule has 0 spiro atoms. The van der Waals surface area contributed by atoms with E-state index in [9.17, 15) is 0 Å². The number of hydrogen-bond acceptors (Lipinski definition) is 4. The quantitative estimate of drug-likeness (QED) is 0.871. The molecular formula is C12H21N3S. The number of rotatable bonds is 4. The molecule has 1 aromatic heterocycles. The molecule has 0 bridgehead atoms. The van der Waals surface area contributed by atoms with Gasteiger partial charge < -0.3 is 5.32 Å². The van der Waals surface area contributed by atoms with Gasteiger partial charge in [0.05, 0.1) is 10.7 Å². The summed E-state index contributed by atoms with van der Waals surface area (Å²) in [5.41, 5.74) is 1.24. The van der Waals surface area contributed by atoms with Crippen molar-refractivity contribution in [2.24, 2.45) is 0 Å². The monoisotopic (exact) mass is 239 g/mol. The fraction of sp³-hybridized carbons (Fsp3) is 0.750. The maximum Gasteiger partial charge on any atom is 0.0897 e. The number of hydrogen-bond donors (Lipinski definition) is 1. The second-order valence-electron chi connectivity index (χ2n) is 4.54. The van der Waals surface area contributed by atoms with Crippen LogP contribution in [0.1, 0.15) is 30.0 Å². The molecule has 1 N–H and O–H groups in total. The van der Waals surface area contributed by atoms with Crippen molar-refractivity contribution < 1.29 is 0 Å². The average Bonchev–Trinajstić information content (AvgIpc) is 2.67. The van der Waals surface area contributed by atoms with E-state index in [0.717, 1.165) is 13.1 Å². The van der Waals surface area contributed by atoms with Crippen molar-refractivity contribution in [2.75, 3.05) is 20.1 Å². The van der Waals surface area contributed by atoms with Gasteiger partial charge in [-0.1, -0.05) is 6.42 Å². The van der Waals surface area contributed by atoms with Gasteiger partial charge in [0.1, 0.15) is 0 Å². The number of piperidine rings is 1. The van der Waals surface area contributed by atoms with Crippen LogP contribution in [-0.2, 0) is 6.54 Å². The molecule has 1 aromatic rings. The van der Waals surface area contributed by atoms with Crippen molar-refractivity contribution >= 4 is 11.3 Å². The summed E-state index contributed by atoms with van der Waals surface area (Å²) in [5, 5.41) is 6.67. The fourth-order valence-corrected chi connectivity index (χ4v) is 3.03. The van der Waals surface area contributed by atoms with Gasteiger partial charge in [0.2, 0.25) is 0 Å². The zero-order chi connectivity index (χ0) is 11.4. The second kappa shape index (κ2) is 5.75. The third-order valence-corrected chi connectivity index (χ3v) is 4.04. The van der Waals surface area contributed by atoms with Gasteiger partial charge in [0, 0.05) is 24.5 Å². The van der Waals surface area contributed by atoms with Crippen molar-refractivity contribution in [1.29, 1.82) is 0 Å². The van der Waals surface area contributed by atoms with Gasteiger partial charge in [-0.3, -0.25) is 4.90 Å². The molecule has 16 heavy (non-hydrogen) atoms. The molecule has 0 radical (unpaired) electrons. The van der Waals surface area contributed by atoms with Gasteiger partial charge in [-0.25, -0.2) is 4.98 Å². The summed E-state index contributed by atoms with van der Waals surface area (Å²) in [6, 6.07) is 0.695. The maximum atomic E-state index is 4.56. The molecule has 1 aliphatic heterocycles. The smallest absolute Gasteiger partial charge is 0.0897 e. The number of likely N-dealkylation sites (tertiary alicyclic amines) is 1. The predicted octanol–water partition coefficient (Wildman–Crippen LogP) is 2.03. The highest BCUT2D eigenvalue weighted by Gasteiger charge is 2.22. The summed E-state index contributed by atoms with van der Waals surface area (Å²) in [5.74, 6) is 0. The van der Waals surface area contributed by atoms with Crippen LogP contribution in [0.3, 0.4) is 0 Å². The minimum atomic E-state index is 0.695. The Hall–Kier alpha value is -0.450. The Morgan fingerprint density at radius 3 is 3.12 bits per heavy atom. The zero-order valence-electron chi connectivity index (χ0n) is 10.2. The molecule has 1 aliphatic rings. The van der Waals surface area contributed by atoms with E-state index in [4.69, 9.17) is 0 Å². The molecule has 2 rings (SSSR count). The van der Waals surface area contributed by atoms with E-state index in [2.05, 4.69) is 27.5 Å². The van der Waals surface area contributed by atoms with E-state index in [1.165, 1.54) is 36.5 Å². The predicted molar refractivity (Wildman–Crippen MR) is 68.8 cm³/mol. The molecule has 1 saturated heterocycles. The van der Waals surface area contributed by atoms with Gasteiger partial charge in [-0.05, 0) is 33.4 Å². The van der Waals surface area contributed by atoms with Gasteiger partial charge in [-0.2, -0.15) is 0 Å². The van der Waals surface area contributed by atoms with Crippen LogP contribution in [0.5, 0.6) is 0 Å². The van der Waals surface area contributed by atoms with E-state index < -0.39 is 0 Å². The van der Waals surface area contributed by atoms with Crippen molar-refractivity contribution in [2.45, 2.75) is 38.8 Å². The molecule has 0 aromatic carbocycles. The Morgan fingerprint density at radius 2 is 2.44 bits per heavy atom.